The molecule has 0 spiro atoms. The molecule has 1 aliphatic heterocycles. The predicted molar refractivity (Wildman–Crippen MR) is 70.6 cm³/mol. The van der Waals surface area contributed by atoms with Crippen molar-refractivity contribution in [3.05, 3.63) is 24.3 Å². The number of para-hydroxylation sites is 2. The smallest absolute Gasteiger partial charge is 0.166 e. The minimum atomic E-state index is -0.0125. The minimum Gasteiger partial charge on any atom is -0.486 e. The highest BCUT2D eigenvalue weighted by Crippen LogP contribution is 2.30. The maximum Gasteiger partial charge on any atom is 0.166 e. The zero-order chi connectivity index (χ0) is 12.1. The molecule has 1 heterocycles. The molecule has 17 heavy (non-hydrogen) atoms. The Hall–Kier alpha value is -1.49. The molecule has 0 bridgehead atoms. The van der Waals surface area contributed by atoms with Gasteiger partial charge in [0.05, 0.1) is 6.54 Å². The van der Waals surface area contributed by atoms with Gasteiger partial charge in [0.15, 0.2) is 16.6 Å². The molecule has 92 valence electrons. The van der Waals surface area contributed by atoms with E-state index >= 15 is 0 Å². The molecule has 0 saturated carbocycles. The largest absolute Gasteiger partial charge is 0.486 e. The fourth-order valence-corrected chi connectivity index (χ4v) is 1.82. The first kappa shape index (κ1) is 12.0. The molecule has 0 aromatic heterocycles. The SMILES string of the molecule is CCNC(=S)NCC1COc2ccccc2O1. The van der Waals surface area contributed by atoms with Crippen LogP contribution in [0, 0.1) is 0 Å². The summed E-state index contributed by atoms with van der Waals surface area (Å²) in [7, 11) is 0. The van der Waals surface area contributed by atoms with Gasteiger partial charge < -0.3 is 20.1 Å². The Bertz CT molecular complexity index is 398. The number of nitrogens with one attached hydrogen (secondary N) is 2. The lowest BCUT2D eigenvalue weighted by atomic mass is 10.2. The van der Waals surface area contributed by atoms with E-state index in [-0.39, 0.29) is 6.10 Å². The molecule has 1 aromatic rings. The quantitative estimate of drug-likeness (QED) is 0.794. The van der Waals surface area contributed by atoms with E-state index in [1.807, 2.05) is 31.2 Å². The van der Waals surface area contributed by atoms with Crippen molar-refractivity contribution in [1.82, 2.24) is 10.6 Å². The lowest BCUT2D eigenvalue weighted by molar-refractivity contribution is 0.0937. The first-order valence-corrected chi connectivity index (χ1v) is 6.10. The lowest BCUT2D eigenvalue weighted by Gasteiger charge is -2.26. The van der Waals surface area contributed by atoms with Crippen LogP contribution >= 0.6 is 12.2 Å². The number of fused-ring (bicyclic) bond motifs is 1. The van der Waals surface area contributed by atoms with Gasteiger partial charge in [0.2, 0.25) is 0 Å². The number of hydrogen-bond acceptors (Lipinski definition) is 3. The molecule has 5 heteroatoms. The van der Waals surface area contributed by atoms with Crippen LogP contribution in [0.4, 0.5) is 0 Å². The van der Waals surface area contributed by atoms with E-state index < -0.39 is 0 Å². The second kappa shape index (κ2) is 5.72. The monoisotopic (exact) mass is 252 g/mol. The summed E-state index contributed by atoms with van der Waals surface area (Å²) in [5.74, 6) is 1.60. The molecule has 4 nitrogen and oxygen atoms in total. The Morgan fingerprint density at radius 2 is 2.12 bits per heavy atom. The molecule has 1 aliphatic rings. The fraction of sp³-hybridized carbons (Fsp3) is 0.417. The van der Waals surface area contributed by atoms with Crippen LogP contribution in [0.2, 0.25) is 0 Å². The summed E-state index contributed by atoms with van der Waals surface area (Å²) in [5, 5.41) is 6.78. The number of ether oxygens (including phenoxy) is 2. The van der Waals surface area contributed by atoms with Gasteiger partial charge in [-0.25, -0.2) is 0 Å². The highest BCUT2D eigenvalue weighted by molar-refractivity contribution is 7.80. The summed E-state index contributed by atoms with van der Waals surface area (Å²) in [6.07, 6.45) is -0.0125. The average molecular weight is 252 g/mol. The number of thiocarbonyl (C=S) groups is 1. The van der Waals surface area contributed by atoms with Gasteiger partial charge in [0, 0.05) is 6.54 Å². The van der Waals surface area contributed by atoms with Gasteiger partial charge in [-0.1, -0.05) is 12.1 Å². The molecule has 0 radical (unpaired) electrons. The summed E-state index contributed by atoms with van der Waals surface area (Å²) in [6, 6.07) is 7.68. The third-order valence-electron chi connectivity index (χ3n) is 2.40. The van der Waals surface area contributed by atoms with E-state index in [1.165, 1.54) is 0 Å². The minimum absolute atomic E-state index is 0.0125. The highest BCUT2D eigenvalue weighted by Gasteiger charge is 2.20. The van der Waals surface area contributed by atoms with Gasteiger partial charge in [-0.2, -0.15) is 0 Å². The van der Waals surface area contributed by atoms with Gasteiger partial charge in [-0.3, -0.25) is 0 Å². The number of hydrogen-bond donors (Lipinski definition) is 2. The zero-order valence-electron chi connectivity index (χ0n) is 9.73. The molecule has 1 aromatic carbocycles. The molecular formula is C12H16N2O2S. The van der Waals surface area contributed by atoms with Gasteiger partial charge in [-0.05, 0) is 31.3 Å². The van der Waals surface area contributed by atoms with Crippen molar-refractivity contribution in [1.29, 1.82) is 0 Å². The van der Waals surface area contributed by atoms with E-state index in [0.29, 0.717) is 18.3 Å². The summed E-state index contributed by atoms with van der Waals surface area (Å²) in [5.41, 5.74) is 0. The van der Waals surface area contributed by atoms with Gasteiger partial charge in [0.1, 0.15) is 12.7 Å². The van der Waals surface area contributed by atoms with Crippen LogP contribution in [0.1, 0.15) is 6.92 Å². The highest BCUT2D eigenvalue weighted by atomic mass is 32.1. The first-order chi connectivity index (χ1) is 8.29. The van der Waals surface area contributed by atoms with Crippen LogP contribution in [0.5, 0.6) is 11.5 Å². The van der Waals surface area contributed by atoms with Crippen molar-refractivity contribution in [3.8, 4) is 11.5 Å². The topological polar surface area (TPSA) is 42.5 Å². The summed E-state index contributed by atoms with van der Waals surface area (Å²) >= 11 is 5.08. The van der Waals surface area contributed by atoms with Crippen molar-refractivity contribution < 1.29 is 9.47 Å². The lowest BCUT2D eigenvalue weighted by Crippen LogP contribution is -2.44. The Labute approximate surface area is 106 Å². The van der Waals surface area contributed by atoms with E-state index in [4.69, 9.17) is 21.7 Å². The normalized spacial score (nSPS) is 17.4. The van der Waals surface area contributed by atoms with Gasteiger partial charge in [0.25, 0.3) is 0 Å². The van der Waals surface area contributed by atoms with Crippen molar-refractivity contribution in [2.24, 2.45) is 0 Å². The van der Waals surface area contributed by atoms with Crippen molar-refractivity contribution >= 4 is 17.3 Å². The van der Waals surface area contributed by atoms with Crippen LogP contribution in [-0.2, 0) is 0 Å². The molecule has 0 fully saturated rings. The van der Waals surface area contributed by atoms with E-state index in [2.05, 4.69) is 10.6 Å². The first-order valence-electron chi connectivity index (χ1n) is 5.69. The van der Waals surface area contributed by atoms with Crippen LogP contribution in [0.15, 0.2) is 24.3 Å². The Morgan fingerprint density at radius 3 is 2.88 bits per heavy atom. The summed E-state index contributed by atoms with van der Waals surface area (Å²) < 4.78 is 11.4. The maximum atomic E-state index is 5.79. The average Bonchev–Trinajstić information content (AvgIpc) is 2.36. The Kier molecular flexibility index (Phi) is 4.03. The maximum absolute atomic E-state index is 5.79. The van der Waals surface area contributed by atoms with E-state index in [0.717, 1.165) is 18.0 Å². The van der Waals surface area contributed by atoms with Crippen LogP contribution in [0.25, 0.3) is 0 Å². The second-order valence-corrected chi connectivity index (χ2v) is 4.15. The van der Waals surface area contributed by atoms with Crippen molar-refractivity contribution in [2.75, 3.05) is 19.7 Å². The van der Waals surface area contributed by atoms with Gasteiger partial charge >= 0.3 is 0 Å². The van der Waals surface area contributed by atoms with Crippen molar-refractivity contribution in [3.63, 3.8) is 0 Å². The third kappa shape index (κ3) is 3.23. The molecule has 2 N–H and O–H groups in total. The zero-order valence-corrected chi connectivity index (χ0v) is 10.5. The number of benzene rings is 1. The van der Waals surface area contributed by atoms with E-state index in [1.54, 1.807) is 0 Å². The van der Waals surface area contributed by atoms with Gasteiger partial charge in [-0.15, -0.1) is 0 Å². The Balaban J connectivity index is 1.84. The van der Waals surface area contributed by atoms with E-state index in [9.17, 15) is 0 Å². The summed E-state index contributed by atoms with van der Waals surface area (Å²) in [6.45, 7) is 4.00. The standard InChI is InChI=1S/C12H16N2O2S/c1-2-13-12(17)14-7-9-8-15-10-5-3-4-6-11(10)16-9/h3-6,9H,2,7-8H2,1H3,(H2,13,14,17). The predicted octanol–water partition coefficient (Wildman–Crippen LogP) is 1.31. The molecule has 2 rings (SSSR count). The van der Waals surface area contributed by atoms with Crippen LogP contribution in [0.3, 0.4) is 0 Å². The number of rotatable bonds is 3. The third-order valence-corrected chi connectivity index (χ3v) is 2.68. The molecule has 1 unspecified atom stereocenters. The molecule has 0 amide bonds. The molecule has 1 atom stereocenters. The van der Waals surface area contributed by atoms with Crippen LogP contribution < -0.4 is 20.1 Å². The van der Waals surface area contributed by atoms with Crippen molar-refractivity contribution in [2.45, 2.75) is 13.0 Å². The summed E-state index contributed by atoms with van der Waals surface area (Å²) in [4.78, 5) is 0. The Morgan fingerprint density at radius 1 is 1.35 bits per heavy atom. The molecule has 0 aliphatic carbocycles. The second-order valence-electron chi connectivity index (χ2n) is 3.74. The molecule has 0 saturated heterocycles. The van der Waals surface area contributed by atoms with Crippen LogP contribution in [-0.4, -0.2) is 30.9 Å². The fourth-order valence-electron chi connectivity index (χ4n) is 1.59. The molecular weight excluding hydrogens is 236 g/mol.